The van der Waals surface area contributed by atoms with Crippen LogP contribution in [0.5, 0.6) is 11.5 Å². The van der Waals surface area contributed by atoms with Crippen molar-refractivity contribution in [2.75, 3.05) is 26.2 Å². The average molecular weight is 561 g/mol. The molecule has 1 saturated heterocycles. The third-order valence-electron chi connectivity index (χ3n) is 7.88. The van der Waals surface area contributed by atoms with Crippen LogP contribution in [0.3, 0.4) is 0 Å². The number of benzene rings is 4. The molecule has 6 aromatic rings. The zero-order chi connectivity index (χ0) is 28.8. The number of phenols is 2. The van der Waals surface area contributed by atoms with Gasteiger partial charge >= 0.3 is 0 Å². The van der Waals surface area contributed by atoms with Crippen molar-refractivity contribution in [1.82, 2.24) is 39.8 Å². The van der Waals surface area contributed by atoms with E-state index >= 15 is 0 Å². The summed E-state index contributed by atoms with van der Waals surface area (Å²) in [5.74, 6) is 0.417. The molecule has 0 bridgehead atoms. The summed E-state index contributed by atoms with van der Waals surface area (Å²) in [5.41, 5.74) is 8.14. The van der Waals surface area contributed by atoms with Crippen molar-refractivity contribution in [1.29, 1.82) is 0 Å². The minimum Gasteiger partial charge on any atom is -0.505 e. The van der Waals surface area contributed by atoms with E-state index < -0.39 is 0 Å². The number of hydrogen-bond donors (Lipinski definition) is 2. The molecule has 7 rings (SSSR count). The van der Waals surface area contributed by atoms with Crippen LogP contribution in [0, 0.1) is 13.8 Å². The van der Waals surface area contributed by atoms with Crippen LogP contribution in [0.25, 0.3) is 33.4 Å². The predicted octanol–water partition coefficient (Wildman–Crippen LogP) is 4.50. The molecule has 1 aliphatic rings. The summed E-state index contributed by atoms with van der Waals surface area (Å²) in [6.07, 6.45) is 0. The molecule has 2 N–H and O–H groups in total. The Morgan fingerprint density at radius 2 is 0.881 bits per heavy atom. The lowest BCUT2D eigenvalue weighted by Gasteiger charge is -2.35. The van der Waals surface area contributed by atoms with E-state index in [1.165, 1.54) is 9.59 Å². The first kappa shape index (κ1) is 26.1. The van der Waals surface area contributed by atoms with E-state index in [0.29, 0.717) is 24.5 Å². The van der Waals surface area contributed by atoms with Gasteiger partial charge in [-0.3, -0.25) is 9.80 Å². The van der Waals surface area contributed by atoms with E-state index in [1.807, 2.05) is 86.6 Å². The Balaban J connectivity index is 1.05. The smallest absolute Gasteiger partial charge is 0.147 e. The minimum atomic E-state index is 0.209. The molecule has 10 heteroatoms. The molecule has 2 aromatic heterocycles. The van der Waals surface area contributed by atoms with Crippen molar-refractivity contribution in [3.05, 3.63) is 95.1 Å². The van der Waals surface area contributed by atoms with Gasteiger partial charge in [0, 0.05) is 50.4 Å². The molecule has 0 saturated carbocycles. The second kappa shape index (κ2) is 10.6. The summed E-state index contributed by atoms with van der Waals surface area (Å²) < 4.78 is 0. The molecule has 0 radical (unpaired) electrons. The van der Waals surface area contributed by atoms with Crippen LogP contribution >= 0.6 is 0 Å². The van der Waals surface area contributed by atoms with E-state index in [-0.39, 0.29) is 11.5 Å². The highest BCUT2D eigenvalue weighted by Crippen LogP contribution is 2.31. The van der Waals surface area contributed by atoms with Crippen molar-refractivity contribution in [2.24, 2.45) is 0 Å². The van der Waals surface area contributed by atoms with E-state index in [4.69, 9.17) is 0 Å². The Labute approximate surface area is 243 Å². The molecular formula is C32H32N8O2. The normalized spacial score (nSPS) is 14.7. The van der Waals surface area contributed by atoms with Gasteiger partial charge in [-0.1, -0.05) is 36.4 Å². The highest BCUT2D eigenvalue weighted by molar-refractivity contribution is 5.74. The lowest BCUT2D eigenvalue weighted by atomic mass is 10.1. The van der Waals surface area contributed by atoms with Gasteiger partial charge in [0.05, 0.1) is 0 Å². The highest BCUT2D eigenvalue weighted by Gasteiger charge is 2.22. The molecule has 42 heavy (non-hydrogen) atoms. The van der Waals surface area contributed by atoms with Crippen LogP contribution in [-0.4, -0.2) is 76.2 Å². The van der Waals surface area contributed by atoms with Crippen LogP contribution < -0.4 is 0 Å². The van der Waals surface area contributed by atoms with Gasteiger partial charge in [-0.2, -0.15) is 0 Å². The maximum atomic E-state index is 11.2. The molecule has 212 valence electrons. The standard InChI is InChI=1S/C32H32N8O2/c1-21-15-23(31(41)29(17-21)39-33-25-7-3-4-8-26(25)34-39)19-37-11-13-38(14-12-37)20-24-16-22(2)18-30(32(24)42)40-35-27-9-5-6-10-28(27)36-40/h3-10,15-18,41-42H,11-14,19-20H2,1-2H3. The van der Waals surface area contributed by atoms with Crippen LogP contribution in [0.1, 0.15) is 22.3 Å². The molecule has 1 fully saturated rings. The lowest BCUT2D eigenvalue weighted by Crippen LogP contribution is -2.45. The number of aromatic hydroxyl groups is 2. The fourth-order valence-corrected chi connectivity index (χ4v) is 5.73. The summed E-state index contributed by atoms with van der Waals surface area (Å²) >= 11 is 0. The number of rotatable bonds is 6. The van der Waals surface area contributed by atoms with E-state index in [1.54, 1.807) is 0 Å². The average Bonchev–Trinajstić information content (AvgIpc) is 3.62. The van der Waals surface area contributed by atoms with Gasteiger partial charge in [-0.05, 0) is 61.4 Å². The molecule has 0 spiro atoms. The van der Waals surface area contributed by atoms with Gasteiger partial charge in [0.25, 0.3) is 0 Å². The van der Waals surface area contributed by atoms with Crippen molar-refractivity contribution < 1.29 is 10.2 Å². The largest absolute Gasteiger partial charge is 0.505 e. The number of aryl methyl sites for hydroxylation is 2. The Bertz CT molecular complexity index is 1710. The zero-order valence-electron chi connectivity index (χ0n) is 23.6. The summed E-state index contributed by atoms with van der Waals surface area (Å²) in [6, 6.07) is 23.3. The number of fused-ring (bicyclic) bond motifs is 2. The van der Waals surface area contributed by atoms with Gasteiger partial charge in [-0.15, -0.1) is 30.0 Å². The minimum absolute atomic E-state index is 0.209. The zero-order valence-corrected chi connectivity index (χ0v) is 23.6. The predicted molar refractivity (Wildman–Crippen MR) is 161 cm³/mol. The first-order valence-corrected chi connectivity index (χ1v) is 14.2. The molecular weight excluding hydrogens is 528 g/mol. The van der Waals surface area contributed by atoms with Gasteiger partial charge in [0.15, 0.2) is 0 Å². The van der Waals surface area contributed by atoms with Crippen LogP contribution in [0.15, 0.2) is 72.8 Å². The number of phenolic OH excluding ortho intramolecular Hbond substituents is 2. The summed E-state index contributed by atoms with van der Waals surface area (Å²) in [5, 5.41) is 40.7. The lowest BCUT2D eigenvalue weighted by molar-refractivity contribution is 0.120. The summed E-state index contributed by atoms with van der Waals surface area (Å²) in [7, 11) is 0. The molecule has 10 nitrogen and oxygen atoms in total. The highest BCUT2D eigenvalue weighted by atomic mass is 16.3. The third-order valence-corrected chi connectivity index (χ3v) is 7.88. The van der Waals surface area contributed by atoms with Crippen LogP contribution in [0.2, 0.25) is 0 Å². The monoisotopic (exact) mass is 560 g/mol. The van der Waals surface area contributed by atoms with Gasteiger partial charge in [0.2, 0.25) is 0 Å². The topological polar surface area (TPSA) is 108 Å². The number of nitrogens with zero attached hydrogens (tertiary/aromatic N) is 8. The Morgan fingerprint density at radius 3 is 1.21 bits per heavy atom. The molecule has 0 unspecified atom stereocenters. The van der Waals surface area contributed by atoms with Crippen molar-refractivity contribution in [3.63, 3.8) is 0 Å². The van der Waals surface area contributed by atoms with Gasteiger partial charge in [-0.25, -0.2) is 0 Å². The molecule has 0 atom stereocenters. The Morgan fingerprint density at radius 1 is 0.548 bits per heavy atom. The fraction of sp³-hybridized carbons (Fsp3) is 0.250. The molecule has 0 amide bonds. The van der Waals surface area contributed by atoms with Gasteiger partial charge < -0.3 is 10.2 Å². The van der Waals surface area contributed by atoms with Crippen molar-refractivity contribution in [2.45, 2.75) is 26.9 Å². The fourth-order valence-electron chi connectivity index (χ4n) is 5.73. The number of hydrogen-bond acceptors (Lipinski definition) is 8. The Hall–Kier alpha value is -4.80. The maximum Gasteiger partial charge on any atom is 0.147 e. The van der Waals surface area contributed by atoms with E-state index in [2.05, 4.69) is 30.2 Å². The van der Waals surface area contributed by atoms with Crippen LogP contribution in [-0.2, 0) is 13.1 Å². The van der Waals surface area contributed by atoms with E-state index in [9.17, 15) is 10.2 Å². The first-order valence-electron chi connectivity index (χ1n) is 14.2. The summed E-state index contributed by atoms with van der Waals surface area (Å²) in [6.45, 7) is 8.70. The quantitative estimate of drug-likeness (QED) is 0.307. The second-order valence-electron chi connectivity index (χ2n) is 11.1. The summed E-state index contributed by atoms with van der Waals surface area (Å²) in [4.78, 5) is 7.75. The molecule has 3 heterocycles. The molecule has 1 aliphatic heterocycles. The maximum absolute atomic E-state index is 11.2. The van der Waals surface area contributed by atoms with Crippen molar-refractivity contribution in [3.8, 4) is 22.9 Å². The van der Waals surface area contributed by atoms with Crippen LogP contribution in [0.4, 0.5) is 0 Å². The first-order chi connectivity index (χ1) is 20.4. The van der Waals surface area contributed by atoms with Crippen molar-refractivity contribution >= 4 is 22.1 Å². The Kier molecular flexibility index (Phi) is 6.56. The second-order valence-corrected chi connectivity index (χ2v) is 11.1. The SMILES string of the molecule is Cc1cc(CN2CCN(Cc3cc(C)cc(-n4nc5ccccc5n4)c3O)CC2)c(O)c(-n2nc3ccccc3n2)c1. The van der Waals surface area contributed by atoms with E-state index in [0.717, 1.165) is 70.5 Å². The molecule has 4 aromatic carbocycles. The molecule has 0 aliphatic carbocycles. The number of piperazine rings is 1. The van der Waals surface area contributed by atoms with Gasteiger partial charge in [0.1, 0.15) is 44.9 Å². The third kappa shape index (κ3) is 4.95. The number of aromatic nitrogens is 6.